The Labute approximate surface area is 200 Å². The van der Waals surface area contributed by atoms with E-state index in [1.165, 1.54) is 36.5 Å². The smallest absolute Gasteiger partial charge is 0.148 e. The number of rotatable bonds is 3. The van der Waals surface area contributed by atoms with E-state index in [0.29, 0.717) is 6.35 Å². The molecule has 6 heteroatoms. The lowest BCUT2D eigenvalue weighted by atomic mass is 9.93. The van der Waals surface area contributed by atoms with Gasteiger partial charge in [0.25, 0.3) is 0 Å². The van der Waals surface area contributed by atoms with Gasteiger partial charge >= 0.3 is 0 Å². The van der Waals surface area contributed by atoms with Crippen molar-refractivity contribution in [3.05, 3.63) is 74.1 Å². The summed E-state index contributed by atoms with van der Waals surface area (Å²) in [5.74, 6) is 0.816. The van der Waals surface area contributed by atoms with Crippen molar-refractivity contribution in [3.63, 3.8) is 0 Å². The highest BCUT2D eigenvalue weighted by Gasteiger charge is 2.20. The van der Waals surface area contributed by atoms with E-state index in [0.717, 1.165) is 24.7 Å². The highest BCUT2D eigenvalue weighted by atomic mass is 79.9. The molecule has 0 bridgehead atoms. The highest BCUT2D eigenvalue weighted by molar-refractivity contribution is 9.11. The van der Waals surface area contributed by atoms with Crippen LogP contribution in [0, 0.1) is 0 Å². The predicted molar refractivity (Wildman–Crippen MR) is 141 cm³/mol. The molecule has 1 heterocycles. The van der Waals surface area contributed by atoms with E-state index < -0.39 is 0 Å². The van der Waals surface area contributed by atoms with Gasteiger partial charge < -0.3 is 4.74 Å². The summed E-state index contributed by atoms with van der Waals surface area (Å²) in [6.07, 6.45) is 0.539. The van der Waals surface area contributed by atoms with Crippen molar-refractivity contribution < 1.29 is 4.74 Å². The molecule has 1 nitrogen and oxygen atoms in total. The van der Waals surface area contributed by atoms with Gasteiger partial charge in [-0.15, -0.1) is 11.3 Å². The van der Waals surface area contributed by atoms with E-state index in [2.05, 4.69) is 118 Å². The van der Waals surface area contributed by atoms with Crippen molar-refractivity contribution in [3.8, 4) is 16.9 Å². The maximum atomic E-state index is 5.77. The molecule has 0 aliphatic carbocycles. The van der Waals surface area contributed by atoms with Gasteiger partial charge in [-0.25, -0.2) is 0 Å². The molecule has 5 rings (SSSR count). The molecule has 29 heavy (non-hydrogen) atoms. The van der Waals surface area contributed by atoms with Crippen LogP contribution in [0.5, 0.6) is 5.75 Å². The van der Waals surface area contributed by atoms with Crippen LogP contribution in [-0.4, -0.2) is 6.35 Å². The molecule has 0 spiro atoms. The molecule has 4 aromatic carbocycles. The summed E-state index contributed by atoms with van der Waals surface area (Å²) in [7, 11) is 2.60. The van der Waals surface area contributed by atoms with Gasteiger partial charge in [0.05, 0.1) is 13.6 Å². The Bertz CT molecular complexity index is 1390. The number of ether oxygens (including phenoxy) is 1. The van der Waals surface area contributed by atoms with Crippen molar-refractivity contribution in [2.24, 2.45) is 0 Å². The average Bonchev–Trinajstić information content (AvgIpc) is 3.11. The molecule has 0 N–H and O–H groups in total. The number of fused-ring (bicyclic) bond motifs is 4. The minimum Gasteiger partial charge on any atom is -0.487 e. The first-order chi connectivity index (χ1) is 14.1. The summed E-state index contributed by atoms with van der Waals surface area (Å²) < 4.78 is 11.4. The number of hydrogen-bond acceptors (Lipinski definition) is 2. The zero-order valence-corrected chi connectivity index (χ0v) is 21.7. The maximum absolute atomic E-state index is 5.77. The summed E-state index contributed by atoms with van der Waals surface area (Å²) in [6.45, 7) is 0. The topological polar surface area (TPSA) is 9.23 Å². The first kappa shape index (κ1) is 20.0. The van der Waals surface area contributed by atoms with Gasteiger partial charge in [0.15, 0.2) is 0 Å². The van der Waals surface area contributed by atoms with E-state index >= 15 is 0 Å². The number of benzene rings is 4. The lowest BCUT2D eigenvalue weighted by Gasteiger charge is -2.15. The van der Waals surface area contributed by atoms with Crippen molar-refractivity contribution in [2.45, 2.75) is 0 Å². The van der Waals surface area contributed by atoms with Crippen LogP contribution < -0.4 is 4.74 Å². The van der Waals surface area contributed by atoms with E-state index in [-0.39, 0.29) is 0 Å². The molecular formula is C23H14Br3OPS. The molecule has 144 valence electrons. The van der Waals surface area contributed by atoms with Gasteiger partial charge in [-0.05, 0) is 87.9 Å². The third-order valence-electron chi connectivity index (χ3n) is 4.99. The fraction of sp³-hybridized carbons (Fsp3) is 0.0435. The number of halogens is 3. The molecule has 0 aliphatic rings. The number of thiophene rings is 1. The summed E-state index contributed by atoms with van der Waals surface area (Å²) >= 11 is 13.1. The van der Waals surface area contributed by atoms with E-state index in [9.17, 15) is 0 Å². The zero-order valence-electron chi connectivity index (χ0n) is 15.0. The van der Waals surface area contributed by atoms with Crippen molar-refractivity contribution in [2.75, 3.05) is 6.35 Å². The third kappa shape index (κ3) is 3.26. The lowest BCUT2D eigenvalue weighted by molar-refractivity contribution is 0.387. The van der Waals surface area contributed by atoms with E-state index in [1.54, 1.807) is 0 Å². The monoisotopic (exact) mass is 606 g/mol. The molecule has 1 aromatic heterocycles. The largest absolute Gasteiger partial charge is 0.487 e. The lowest BCUT2D eigenvalue weighted by Crippen LogP contribution is -1.93. The van der Waals surface area contributed by atoms with Crippen LogP contribution in [0.25, 0.3) is 42.1 Å². The molecule has 1 atom stereocenters. The van der Waals surface area contributed by atoms with Gasteiger partial charge in [-0.2, -0.15) is 0 Å². The average molecular weight is 609 g/mol. The van der Waals surface area contributed by atoms with Crippen molar-refractivity contribution >= 4 is 99.3 Å². The van der Waals surface area contributed by atoms with Crippen molar-refractivity contribution in [1.82, 2.24) is 0 Å². The molecule has 0 fully saturated rings. The summed E-state index contributed by atoms with van der Waals surface area (Å²) in [4.78, 5) is 0. The van der Waals surface area contributed by atoms with Gasteiger partial charge in [-0.3, -0.25) is 0 Å². The zero-order chi connectivity index (χ0) is 20.1. The molecule has 0 amide bonds. The number of hydrogen-bond donors (Lipinski definition) is 0. The Morgan fingerprint density at radius 3 is 2.14 bits per heavy atom. The Hall–Kier alpha value is -0.970. The normalized spacial score (nSPS) is 11.6. The van der Waals surface area contributed by atoms with Crippen LogP contribution >= 0.6 is 68.4 Å². The molecule has 0 aliphatic heterocycles. The first-order valence-corrected chi connectivity index (χ1v) is 12.9. The maximum Gasteiger partial charge on any atom is 0.148 e. The predicted octanol–water partition coefficient (Wildman–Crippen LogP) is 9.37. The Morgan fingerprint density at radius 2 is 1.45 bits per heavy atom. The standard InChI is InChI=1S/C23H14Br3OPS/c24-16-9-12(10-17(25)22(16)27-11-28)19-13-5-1-2-6-14(13)21(26)23-20(19)15-7-3-4-8-18(15)29-23/h1-10H,11,28H2. The van der Waals surface area contributed by atoms with Gasteiger partial charge in [0, 0.05) is 19.9 Å². The van der Waals surface area contributed by atoms with Gasteiger partial charge in [-0.1, -0.05) is 51.7 Å². The first-order valence-electron chi connectivity index (χ1n) is 8.94. The molecule has 0 saturated carbocycles. The minimum atomic E-state index is 0.539. The Kier molecular flexibility index (Phi) is 5.46. The van der Waals surface area contributed by atoms with Crippen LogP contribution in [0.4, 0.5) is 0 Å². The molecule has 0 radical (unpaired) electrons. The molecular weight excluding hydrogens is 595 g/mol. The van der Waals surface area contributed by atoms with Crippen LogP contribution in [0.2, 0.25) is 0 Å². The molecule has 1 unspecified atom stereocenters. The van der Waals surface area contributed by atoms with Crippen LogP contribution in [0.15, 0.2) is 74.1 Å². The Morgan fingerprint density at radius 1 is 0.828 bits per heavy atom. The molecule has 0 saturated heterocycles. The van der Waals surface area contributed by atoms with Gasteiger partial charge in [0.1, 0.15) is 12.1 Å². The SMILES string of the molecule is PCOc1c(Br)cc(-c2c3ccccc3c(Br)c3sc4ccccc4c23)cc1Br. The molecule has 5 aromatic rings. The van der Waals surface area contributed by atoms with Gasteiger partial charge in [0.2, 0.25) is 0 Å². The second-order valence-corrected chi connectivity index (χ2v) is 10.5. The second-order valence-electron chi connectivity index (χ2n) is 6.62. The summed E-state index contributed by atoms with van der Waals surface area (Å²) in [5.41, 5.74) is 2.40. The quantitative estimate of drug-likeness (QED) is 0.185. The van der Waals surface area contributed by atoms with E-state index in [1.807, 2.05) is 11.3 Å². The van der Waals surface area contributed by atoms with E-state index in [4.69, 9.17) is 4.74 Å². The summed E-state index contributed by atoms with van der Waals surface area (Å²) in [6, 6.07) is 21.5. The summed E-state index contributed by atoms with van der Waals surface area (Å²) in [5, 5.41) is 5.02. The van der Waals surface area contributed by atoms with Crippen LogP contribution in [0.1, 0.15) is 0 Å². The Balaban J connectivity index is 1.98. The second kappa shape index (κ2) is 7.94. The van der Waals surface area contributed by atoms with Crippen LogP contribution in [-0.2, 0) is 0 Å². The van der Waals surface area contributed by atoms with Crippen LogP contribution in [0.3, 0.4) is 0 Å². The fourth-order valence-corrected chi connectivity index (χ4v) is 7.35. The van der Waals surface area contributed by atoms with Crippen molar-refractivity contribution in [1.29, 1.82) is 0 Å². The highest BCUT2D eigenvalue weighted by Crippen LogP contribution is 2.49. The third-order valence-corrected chi connectivity index (χ3v) is 8.61. The fourth-order valence-electron chi connectivity index (χ4n) is 3.82. The minimum absolute atomic E-state index is 0.539.